The maximum absolute atomic E-state index is 10.4. The molecule has 0 saturated carbocycles. The maximum Gasteiger partial charge on any atom is 0.323 e. The van der Waals surface area contributed by atoms with Gasteiger partial charge in [0.25, 0.3) is 0 Å². The Balaban J connectivity index is 2.51. The molecule has 1 fully saturated rings. The second-order valence-corrected chi connectivity index (χ2v) is 2.67. The fraction of sp³-hybridized carbons (Fsp3) is 0.833. The average Bonchev–Trinajstić information content (AvgIpc) is 2.30. The van der Waals surface area contributed by atoms with Crippen LogP contribution in [0.3, 0.4) is 0 Å². The van der Waals surface area contributed by atoms with E-state index in [2.05, 4.69) is 5.32 Å². The van der Waals surface area contributed by atoms with Crippen molar-refractivity contribution < 1.29 is 20.1 Å². The van der Waals surface area contributed by atoms with Crippen LogP contribution in [-0.2, 0) is 4.79 Å². The van der Waals surface area contributed by atoms with E-state index in [1.165, 1.54) is 0 Å². The van der Waals surface area contributed by atoms with E-state index in [0.29, 0.717) is 6.42 Å². The Morgan fingerprint density at radius 3 is 2.55 bits per heavy atom. The number of aliphatic hydroxyl groups is 2. The van der Waals surface area contributed by atoms with Crippen LogP contribution in [0.1, 0.15) is 6.42 Å². The highest BCUT2D eigenvalue weighted by Gasteiger charge is 2.36. The van der Waals surface area contributed by atoms with Crippen LogP contribution in [0, 0.1) is 0 Å². The fourth-order valence-corrected chi connectivity index (χ4v) is 1.22. The third-order valence-electron chi connectivity index (χ3n) is 1.81. The van der Waals surface area contributed by atoms with Crippen molar-refractivity contribution in [2.24, 2.45) is 0 Å². The molecular weight excluding hydrogens is 150 g/mol. The van der Waals surface area contributed by atoms with Crippen molar-refractivity contribution in [2.45, 2.75) is 24.6 Å². The van der Waals surface area contributed by atoms with Crippen molar-refractivity contribution in [1.82, 2.24) is 5.32 Å². The molecule has 1 saturated heterocycles. The summed E-state index contributed by atoms with van der Waals surface area (Å²) in [6, 6.07) is -1.21. The van der Waals surface area contributed by atoms with Gasteiger partial charge < -0.3 is 15.3 Å². The molecule has 0 spiro atoms. The Kier molecular flexibility index (Phi) is 2.43. The third kappa shape index (κ3) is 1.68. The number of hydrogen-bond acceptors (Lipinski definition) is 4. The third-order valence-corrected chi connectivity index (χ3v) is 1.81. The van der Waals surface area contributed by atoms with Gasteiger partial charge >= 0.3 is 5.97 Å². The van der Waals surface area contributed by atoms with Gasteiger partial charge in [0, 0.05) is 6.04 Å². The van der Waals surface area contributed by atoms with E-state index in [0.717, 1.165) is 0 Å². The summed E-state index contributed by atoms with van der Waals surface area (Å²) >= 11 is 0. The van der Waals surface area contributed by atoms with Crippen molar-refractivity contribution >= 4 is 5.97 Å². The second-order valence-electron chi connectivity index (χ2n) is 2.67. The summed E-state index contributed by atoms with van der Waals surface area (Å²) in [6.07, 6.45) is -0.586. The van der Waals surface area contributed by atoms with Crippen molar-refractivity contribution in [3.05, 3.63) is 0 Å². The summed E-state index contributed by atoms with van der Waals surface area (Å²) in [5, 5.41) is 28.8. The zero-order valence-corrected chi connectivity index (χ0v) is 5.90. The first-order valence-electron chi connectivity index (χ1n) is 3.43. The van der Waals surface area contributed by atoms with Crippen molar-refractivity contribution in [3.8, 4) is 0 Å². The molecular formula is C6H11NO4. The predicted molar refractivity (Wildman–Crippen MR) is 36.1 cm³/mol. The lowest BCUT2D eigenvalue weighted by Gasteiger charge is -2.08. The number of carbonyl (C=O) groups is 1. The average molecular weight is 161 g/mol. The van der Waals surface area contributed by atoms with E-state index in [-0.39, 0.29) is 12.6 Å². The van der Waals surface area contributed by atoms with Crippen LogP contribution >= 0.6 is 0 Å². The van der Waals surface area contributed by atoms with Gasteiger partial charge in [-0.15, -0.1) is 0 Å². The van der Waals surface area contributed by atoms with E-state index in [1.807, 2.05) is 0 Å². The molecule has 3 atom stereocenters. The Hall–Kier alpha value is -0.650. The highest BCUT2D eigenvalue weighted by atomic mass is 16.4. The maximum atomic E-state index is 10.4. The first-order chi connectivity index (χ1) is 5.15. The normalized spacial score (nSPS) is 37.5. The number of hydrogen-bond donors (Lipinski definition) is 4. The number of aliphatic carboxylic acids is 1. The summed E-state index contributed by atoms with van der Waals surface area (Å²) in [5.74, 6) is -1.08. The standard InChI is InChI=1S/C6H11NO4/c8-2-3-1-4(9)5(7-3)6(10)11/h3-5,7-9H,1-2H2,(H,10,11)/t3?,4-,5?/m0/s1. The zero-order chi connectivity index (χ0) is 8.43. The highest BCUT2D eigenvalue weighted by Crippen LogP contribution is 2.12. The van der Waals surface area contributed by atoms with Crippen molar-refractivity contribution in [1.29, 1.82) is 0 Å². The fourth-order valence-electron chi connectivity index (χ4n) is 1.22. The van der Waals surface area contributed by atoms with E-state index in [1.54, 1.807) is 0 Å². The predicted octanol–water partition coefficient (Wildman–Crippen LogP) is -1.85. The topological polar surface area (TPSA) is 89.8 Å². The van der Waals surface area contributed by atoms with Gasteiger partial charge in [0.2, 0.25) is 0 Å². The lowest BCUT2D eigenvalue weighted by atomic mass is 10.1. The number of rotatable bonds is 2. The molecule has 5 nitrogen and oxygen atoms in total. The molecule has 1 rings (SSSR count). The first-order valence-corrected chi connectivity index (χ1v) is 3.43. The molecule has 11 heavy (non-hydrogen) atoms. The molecule has 0 amide bonds. The lowest BCUT2D eigenvalue weighted by Crippen LogP contribution is -2.41. The van der Waals surface area contributed by atoms with Gasteiger partial charge in [-0.05, 0) is 6.42 Å². The summed E-state index contributed by atoms with van der Waals surface area (Å²) in [6.45, 7) is -0.138. The molecule has 4 N–H and O–H groups in total. The number of carboxylic acid groups (broad SMARTS) is 1. The van der Waals surface area contributed by atoms with E-state index in [9.17, 15) is 4.79 Å². The molecule has 0 aromatic rings. The second kappa shape index (κ2) is 3.17. The summed E-state index contributed by atoms with van der Waals surface area (Å²) in [4.78, 5) is 10.4. The number of carboxylic acids is 1. The minimum Gasteiger partial charge on any atom is -0.480 e. The molecule has 1 heterocycles. The van der Waals surface area contributed by atoms with Crippen LogP contribution in [0.15, 0.2) is 0 Å². The Labute approximate surface area is 63.7 Å². The molecule has 64 valence electrons. The van der Waals surface area contributed by atoms with Crippen molar-refractivity contribution in [2.75, 3.05) is 6.61 Å². The van der Waals surface area contributed by atoms with Gasteiger partial charge in [0.1, 0.15) is 6.04 Å². The van der Waals surface area contributed by atoms with Gasteiger partial charge in [-0.25, -0.2) is 0 Å². The monoisotopic (exact) mass is 161 g/mol. The summed E-state index contributed by atoms with van der Waals surface area (Å²) < 4.78 is 0. The molecule has 0 bridgehead atoms. The smallest absolute Gasteiger partial charge is 0.323 e. The molecule has 2 unspecified atom stereocenters. The Morgan fingerprint density at radius 1 is 1.64 bits per heavy atom. The quantitative estimate of drug-likeness (QED) is 0.382. The zero-order valence-electron chi connectivity index (χ0n) is 5.90. The molecule has 0 aliphatic carbocycles. The first kappa shape index (κ1) is 8.45. The van der Waals surface area contributed by atoms with Gasteiger partial charge in [-0.2, -0.15) is 0 Å². The summed E-state index contributed by atoms with van der Waals surface area (Å²) in [5.41, 5.74) is 0. The number of aliphatic hydroxyl groups excluding tert-OH is 2. The van der Waals surface area contributed by atoms with E-state index in [4.69, 9.17) is 15.3 Å². The van der Waals surface area contributed by atoms with Crippen LogP contribution in [0.4, 0.5) is 0 Å². The Morgan fingerprint density at radius 2 is 2.27 bits per heavy atom. The van der Waals surface area contributed by atoms with Gasteiger partial charge in [-0.1, -0.05) is 0 Å². The van der Waals surface area contributed by atoms with E-state index >= 15 is 0 Å². The largest absolute Gasteiger partial charge is 0.480 e. The molecule has 0 radical (unpaired) electrons. The Bertz CT molecular complexity index is 161. The van der Waals surface area contributed by atoms with Crippen LogP contribution in [0.2, 0.25) is 0 Å². The molecule has 5 heteroatoms. The van der Waals surface area contributed by atoms with Crippen LogP contribution in [-0.4, -0.2) is 46.1 Å². The molecule has 0 aromatic heterocycles. The number of nitrogens with one attached hydrogen (secondary N) is 1. The van der Waals surface area contributed by atoms with Crippen molar-refractivity contribution in [3.63, 3.8) is 0 Å². The van der Waals surface area contributed by atoms with E-state index < -0.39 is 18.1 Å². The van der Waals surface area contributed by atoms with Crippen LogP contribution in [0.5, 0.6) is 0 Å². The van der Waals surface area contributed by atoms with Crippen LogP contribution < -0.4 is 5.32 Å². The van der Waals surface area contributed by atoms with Gasteiger partial charge in [0.15, 0.2) is 0 Å². The minimum absolute atomic E-state index is 0.138. The SMILES string of the molecule is O=C(O)C1NC(CO)C[C@@H]1O. The van der Waals surface area contributed by atoms with Crippen LogP contribution in [0.25, 0.3) is 0 Å². The van der Waals surface area contributed by atoms with Gasteiger partial charge in [0.05, 0.1) is 12.7 Å². The van der Waals surface area contributed by atoms with Gasteiger partial charge in [-0.3, -0.25) is 10.1 Å². The minimum atomic E-state index is -1.08. The highest BCUT2D eigenvalue weighted by molar-refractivity contribution is 5.74. The molecule has 1 aliphatic rings. The lowest BCUT2D eigenvalue weighted by molar-refractivity contribution is -0.141. The molecule has 1 aliphatic heterocycles. The summed E-state index contributed by atoms with van der Waals surface area (Å²) in [7, 11) is 0. The molecule has 0 aromatic carbocycles.